The molecule has 0 amide bonds. The Morgan fingerprint density at radius 2 is 1.20 bits per heavy atom. The molecule has 0 aliphatic carbocycles. The van der Waals surface area contributed by atoms with Crippen LogP contribution in [0.3, 0.4) is 0 Å². The Bertz CT molecular complexity index is 11.6. The minimum atomic E-state index is 0. The summed E-state index contributed by atoms with van der Waals surface area (Å²) in [4.78, 5) is 0. The van der Waals surface area contributed by atoms with Crippen molar-refractivity contribution in [2.45, 2.75) is 0 Å². The first-order chi connectivity index (χ1) is 1.00. The van der Waals surface area contributed by atoms with Crippen molar-refractivity contribution in [1.29, 1.82) is 0 Å². The molecule has 0 fully saturated rings. The summed E-state index contributed by atoms with van der Waals surface area (Å²) in [6.45, 7) is 0. The first-order valence-corrected chi connectivity index (χ1v) is 0.508. The van der Waals surface area contributed by atoms with E-state index >= 15 is 0 Å². The molecule has 0 atom stereocenters. The summed E-state index contributed by atoms with van der Waals surface area (Å²) in [5, 5.41) is 0. The quantitative estimate of drug-likeness (QED) is 0.383. The molecule has 0 rings (SSSR count). The molecule has 1 nitrogen and oxygen atoms in total. The molecule has 0 aliphatic rings. The zero-order valence-corrected chi connectivity index (χ0v) is 7.86. The summed E-state index contributed by atoms with van der Waals surface area (Å²) < 4.78 is 7.81. The number of rotatable bonds is 0. The van der Waals surface area contributed by atoms with E-state index in [1.54, 1.807) is 0 Å². The van der Waals surface area contributed by atoms with Crippen LogP contribution in [-0.4, -0.2) is 86.6 Å². The first kappa shape index (κ1) is 23.0. The van der Waals surface area contributed by atoms with Crippen molar-refractivity contribution in [2.24, 2.45) is 0 Å². The van der Waals surface area contributed by atoms with Gasteiger partial charge < -0.3 is 0 Å². The molecule has 0 saturated carbocycles. The summed E-state index contributed by atoms with van der Waals surface area (Å²) in [6.07, 6.45) is 0. The maximum atomic E-state index is 7.81. The van der Waals surface area contributed by atoms with E-state index in [-0.39, 0.29) is 114 Å². The zero-order valence-electron chi connectivity index (χ0n) is 1.42. The van der Waals surface area contributed by atoms with Crippen LogP contribution in [0, 0.1) is 0 Å². The van der Waals surface area contributed by atoms with Crippen LogP contribution >= 0.6 is 0 Å². The Labute approximate surface area is 130 Å². The second-order valence-corrected chi connectivity index (χ2v) is 0. The molecule has 0 N–H and O–H groups in total. The molecular formula is H4BaCaCuHgO. The van der Waals surface area contributed by atoms with E-state index in [0.717, 1.165) is 0 Å². The van der Waals surface area contributed by atoms with Crippen LogP contribution in [0.1, 0.15) is 0 Å². The minimum absolute atomic E-state index is 0. The molecule has 0 aliphatic heterocycles. The summed E-state index contributed by atoms with van der Waals surface area (Å²) in [5.41, 5.74) is 0. The van der Waals surface area contributed by atoms with Gasteiger partial charge in [-0.15, -0.1) is 0 Å². The number of hydrogen-bond acceptors (Lipinski definition) is 1. The van der Waals surface area contributed by atoms with Gasteiger partial charge >= 0.3 is 106 Å². The van der Waals surface area contributed by atoms with E-state index < -0.39 is 0 Å². The normalized spacial score (nSPS) is 1.20. The van der Waals surface area contributed by atoms with Gasteiger partial charge in [-0.3, -0.25) is 0 Å². The molecule has 0 spiro atoms. The van der Waals surface area contributed by atoms with Crippen LogP contribution < -0.4 is 0 Å². The third-order valence-electron chi connectivity index (χ3n) is 0. The van der Waals surface area contributed by atoms with Crippen molar-refractivity contribution in [3.63, 3.8) is 0 Å². The monoisotopic (exact) mass is 463 g/mol. The van der Waals surface area contributed by atoms with Gasteiger partial charge in [0.15, 0.2) is 0 Å². The Balaban J connectivity index is -0.00000000167. The zero-order chi connectivity index (χ0) is 2.00. The van der Waals surface area contributed by atoms with Crippen LogP contribution in [0.15, 0.2) is 0 Å². The molecule has 0 saturated heterocycles. The van der Waals surface area contributed by atoms with Gasteiger partial charge in [0.25, 0.3) is 0 Å². The van der Waals surface area contributed by atoms with Crippen LogP contribution in [0.25, 0.3) is 0 Å². The van der Waals surface area contributed by atoms with Crippen molar-refractivity contribution in [3.8, 4) is 0 Å². The fourth-order valence-corrected chi connectivity index (χ4v) is 0. The summed E-state index contributed by atoms with van der Waals surface area (Å²) in [6, 6.07) is 0. The van der Waals surface area contributed by atoms with E-state index in [0.29, 0.717) is 0 Å². The second-order valence-electron chi connectivity index (χ2n) is 0. The van der Waals surface area contributed by atoms with Crippen LogP contribution in [0.4, 0.5) is 0 Å². The van der Waals surface area contributed by atoms with Gasteiger partial charge in [0, 0.05) is 27.7 Å². The Morgan fingerprint density at radius 1 is 1.20 bits per heavy atom. The molecule has 0 aromatic carbocycles. The second kappa shape index (κ2) is 24.3. The topological polar surface area (TPSA) is 17.1 Å². The van der Waals surface area contributed by atoms with Gasteiger partial charge in [-0.2, -0.15) is 0 Å². The Kier molecular flexibility index (Phi) is 112. The summed E-state index contributed by atoms with van der Waals surface area (Å²) >= 11 is 2.94. The fraction of sp³-hybridized carbons (Fsp3) is 0. The van der Waals surface area contributed by atoms with Crippen molar-refractivity contribution >= 4 is 86.6 Å². The SMILES string of the molecule is [BaH2].[CaH2].[Hg].[O]=[Cu]. The van der Waals surface area contributed by atoms with E-state index in [1.165, 1.54) is 0 Å². The van der Waals surface area contributed by atoms with Gasteiger partial charge in [-0.05, 0) is 0 Å². The molecule has 5 heavy (non-hydrogen) atoms. The first-order valence-electron chi connectivity index (χ1n) is 0.123. The summed E-state index contributed by atoms with van der Waals surface area (Å²) in [5.74, 6) is 0. The average Bonchev–Trinajstić information content (AvgIpc) is 1.00. The predicted molar refractivity (Wildman–Crippen MR) is 17.8 cm³/mol. The predicted octanol–water partition coefficient (Wildman–Crippen LogP) is -1.96. The van der Waals surface area contributed by atoms with Gasteiger partial charge in [-0.1, -0.05) is 0 Å². The van der Waals surface area contributed by atoms with Gasteiger partial charge in [-0.25, -0.2) is 0 Å². The Hall–Kier alpha value is 4.09. The molecule has 0 heterocycles. The van der Waals surface area contributed by atoms with Gasteiger partial charge in [0.2, 0.25) is 0 Å². The third-order valence-corrected chi connectivity index (χ3v) is 0. The van der Waals surface area contributed by atoms with Crippen molar-refractivity contribution in [1.82, 2.24) is 0 Å². The van der Waals surface area contributed by atoms with Gasteiger partial charge in [0.05, 0.1) is 0 Å². The van der Waals surface area contributed by atoms with Crippen LogP contribution in [-0.2, 0) is 47.4 Å². The molecule has 0 radical (unpaired) electrons. The Morgan fingerprint density at radius 3 is 1.20 bits per heavy atom. The molecule has 0 aromatic heterocycles. The molecule has 0 unspecified atom stereocenters. The molecule has 0 aromatic rings. The number of hydrogen-bond donors (Lipinski definition) is 0. The van der Waals surface area contributed by atoms with E-state index in [9.17, 15) is 0 Å². The van der Waals surface area contributed by atoms with Crippen LogP contribution in [0.5, 0.6) is 0 Å². The van der Waals surface area contributed by atoms with Crippen molar-refractivity contribution in [3.05, 3.63) is 0 Å². The standard InChI is InChI=1S/Ba.Ca.Cu.Hg.O.4H. The van der Waals surface area contributed by atoms with E-state index in [4.69, 9.17) is 3.83 Å². The molecule has 5 heteroatoms. The molecule has 0 bridgehead atoms. The molecular weight excluding hydrogens is 458 g/mol. The van der Waals surface area contributed by atoms with Crippen molar-refractivity contribution < 1.29 is 47.4 Å². The van der Waals surface area contributed by atoms with Crippen LogP contribution in [0.2, 0.25) is 0 Å². The molecule has 27 valence electrons. The van der Waals surface area contributed by atoms with E-state index in [1.807, 2.05) is 0 Å². The average molecular weight is 462 g/mol. The fourth-order valence-electron chi connectivity index (χ4n) is 0. The van der Waals surface area contributed by atoms with E-state index in [2.05, 4.69) is 15.9 Å². The van der Waals surface area contributed by atoms with Crippen molar-refractivity contribution in [2.75, 3.05) is 0 Å². The maximum absolute atomic E-state index is 7.81. The third kappa shape index (κ3) is 17.9. The van der Waals surface area contributed by atoms with Gasteiger partial charge in [0.1, 0.15) is 0 Å². The summed E-state index contributed by atoms with van der Waals surface area (Å²) in [7, 11) is 0.